The first-order chi connectivity index (χ1) is 10.6. The van der Waals surface area contributed by atoms with Crippen LogP contribution in [0.4, 0.5) is 0 Å². The summed E-state index contributed by atoms with van der Waals surface area (Å²) in [6.45, 7) is 0. The Balaban J connectivity index is 1.80. The first-order valence-corrected chi connectivity index (χ1v) is 7.61. The third-order valence-corrected chi connectivity index (χ3v) is 4.09. The van der Waals surface area contributed by atoms with Crippen molar-refractivity contribution in [3.05, 3.63) is 64.6 Å². The zero-order chi connectivity index (χ0) is 15.5. The molecule has 0 bridgehead atoms. The van der Waals surface area contributed by atoms with Gasteiger partial charge in [-0.15, -0.1) is 11.3 Å². The lowest BCUT2D eigenvalue weighted by Gasteiger charge is -2.07. The van der Waals surface area contributed by atoms with E-state index in [4.69, 9.17) is 21.4 Å². The summed E-state index contributed by atoms with van der Waals surface area (Å²) in [6, 6.07) is 14.5. The van der Waals surface area contributed by atoms with Crippen LogP contribution < -0.4 is 4.74 Å². The van der Waals surface area contributed by atoms with Crippen molar-refractivity contribution in [1.82, 2.24) is 4.98 Å². The van der Waals surface area contributed by atoms with E-state index in [1.54, 1.807) is 24.3 Å². The molecular weight excluding hydrogens is 322 g/mol. The van der Waals surface area contributed by atoms with E-state index in [1.165, 1.54) is 16.7 Å². The van der Waals surface area contributed by atoms with Gasteiger partial charge in [-0.1, -0.05) is 23.7 Å². The number of carboxylic acids is 1. The fraction of sp³-hybridized carbons (Fsp3) is 0. The molecule has 0 aliphatic rings. The molecule has 0 saturated heterocycles. The standard InChI is InChI=1S/C16H10ClNO3S/c17-12-3-1-2-4-14(12)21-11-7-5-10(6-8-11)15-18-13(9-22-15)16(19)20/h1-9H,(H,19,20). The monoisotopic (exact) mass is 331 g/mol. The van der Waals surface area contributed by atoms with Crippen LogP contribution in [0.3, 0.4) is 0 Å². The molecular formula is C16H10ClNO3S. The van der Waals surface area contributed by atoms with Gasteiger partial charge in [0.2, 0.25) is 0 Å². The van der Waals surface area contributed by atoms with Gasteiger partial charge in [-0.3, -0.25) is 0 Å². The summed E-state index contributed by atoms with van der Waals surface area (Å²) < 4.78 is 5.70. The van der Waals surface area contributed by atoms with Crippen molar-refractivity contribution in [2.45, 2.75) is 0 Å². The molecule has 6 heteroatoms. The predicted molar refractivity (Wildman–Crippen MR) is 86.0 cm³/mol. The van der Waals surface area contributed by atoms with Crippen LogP contribution in [0.2, 0.25) is 5.02 Å². The molecule has 0 unspecified atom stereocenters. The van der Waals surface area contributed by atoms with Gasteiger partial charge in [0.25, 0.3) is 0 Å². The minimum atomic E-state index is -1.03. The van der Waals surface area contributed by atoms with Crippen molar-refractivity contribution in [3.8, 4) is 22.1 Å². The van der Waals surface area contributed by atoms with E-state index >= 15 is 0 Å². The Labute approximate surface area is 135 Å². The van der Waals surface area contributed by atoms with Crippen LogP contribution in [0, 0.1) is 0 Å². The molecule has 4 nitrogen and oxygen atoms in total. The number of aromatic nitrogens is 1. The topological polar surface area (TPSA) is 59.4 Å². The molecule has 1 aromatic heterocycles. The molecule has 0 saturated carbocycles. The second-order valence-electron chi connectivity index (χ2n) is 4.40. The molecule has 3 rings (SSSR count). The van der Waals surface area contributed by atoms with E-state index in [2.05, 4.69) is 4.98 Å². The van der Waals surface area contributed by atoms with Crippen molar-refractivity contribution in [2.75, 3.05) is 0 Å². The van der Waals surface area contributed by atoms with Gasteiger partial charge in [0.1, 0.15) is 16.5 Å². The number of nitrogens with zero attached hydrogens (tertiary/aromatic N) is 1. The molecule has 0 spiro atoms. The van der Waals surface area contributed by atoms with Gasteiger partial charge in [-0.05, 0) is 36.4 Å². The number of halogens is 1. The minimum absolute atomic E-state index is 0.0522. The minimum Gasteiger partial charge on any atom is -0.476 e. The second kappa shape index (κ2) is 6.17. The normalized spacial score (nSPS) is 10.4. The molecule has 0 aliphatic heterocycles. The highest BCUT2D eigenvalue weighted by molar-refractivity contribution is 7.13. The maximum absolute atomic E-state index is 10.8. The number of hydrogen-bond acceptors (Lipinski definition) is 4. The van der Waals surface area contributed by atoms with Crippen LogP contribution in [0.5, 0.6) is 11.5 Å². The Hall–Kier alpha value is -2.37. The van der Waals surface area contributed by atoms with Gasteiger partial charge in [0.05, 0.1) is 5.02 Å². The molecule has 0 atom stereocenters. The van der Waals surface area contributed by atoms with Gasteiger partial charge in [0.15, 0.2) is 5.69 Å². The number of thiazole rings is 1. The number of hydrogen-bond donors (Lipinski definition) is 1. The van der Waals surface area contributed by atoms with Crippen molar-refractivity contribution in [1.29, 1.82) is 0 Å². The molecule has 0 aliphatic carbocycles. The number of benzene rings is 2. The predicted octanol–water partition coefficient (Wildman–Crippen LogP) is 4.95. The Morgan fingerprint density at radius 3 is 2.50 bits per heavy atom. The number of rotatable bonds is 4. The quantitative estimate of drug-likeness (QED) is 0.734. The lowest BCUT2D eigenvalue weighted by atomic mass is 10.2. The van der Waals surface area contributed by atoms with Crippen LogP contribution in [0.15, 0.2) is 53.9 Å². The number of carboxylic acid groups (broad SMARTS) is 1. The molecule has 1 heterocycles. The average molecular weight is 332 g/mol. The Morgan fingerprint density at radius 2 is 1.86 bits per heavy atom. The van der Waals surface area contributed by atoms with Gasteiger partial charge in [-0.25, -0.2) is 9.78 Å². The lowest BCUT2D eigenvalue weighted by Crippen LogP contribution is -1.95. The molecule has 2 aromatic carbocycles. The van der Waals surface area contributed by atoms with Gasteiger partial charge in [-0.2, -0.15) is 0 Å². The number of para-hydroxylation sites is 1. The van der Waals surface area contributed by atoms with Crippen LogP contribution in [0.1, 0.15) is 10.5 Å². The van der Waals surface area contributed by atoms with Crippen molar-refractivity contribution in [2.24, 2.45) is 0 Å². The zero-order valence-electron chi connectivity index (χ0n) is 11.2. The fourth-order valence-electron chi connectivity index (χ4n) is 1.82. The van der Waals surface area contributed by atoms with Crippen LogP contribution in [0.25, 0.3) is 10.6 Å². The highest BCUT2D eigenvalue weighted by Gasteiger charge is 2.10. The largest absolute Gasteiger partial charge is 0.476 e. The van der Waals surface area contributed by atoms with Gasteiger partial charge < -0.3 is 9.84 Å². The Morgan fingerprint density at radius 1 is 1.14 bits per heavy atom. The third kappa shape index (κ3) is 3.10. The summed E-state index contributed by atoms with van der Waals surface area (Å²) in [5.41, 5.74) is 0.889. The Kier molecular flexibility index (Phi) is 4.09. The molecule has 3 aromatic rings. The van der Waals surface area contributed by atoms with Gasteiger partial charge >= 0.3 is 5.97 Å². The van der Waals surface area contributed by atoms with Gasteiger partial charge in [0, 0.05) is 10.9 Å². The molecule has 110 valence electrons. The van der Waals surface area contributed by atoms with Crippen LogP contribution in [-0.4, -0.2) is 16.1 Å². The zero-order valence-corrected chi connectivity index (χ0v) is 12.8. The van der Waals surface area contributed by atoms with Crippen LogP contribution in [-0.2, 0) is 0 Å². The lowest BCUT2D eigenvalue weighted by molar-refractivity contribution is 0.0691. The smallest absolute Gasteiger partial charge is 0.355 e. The second-order valence-corrected chi connectivity index (χ2v) is 5.67. The summed E-state index contributed by atoms with van der Waals surface area (Å²) in [4.78, 5) is 14.9. The summed E-state index contributed by atoms with van der Waals surface area (Å²) in [6.07, 6.45) is 0. The van der Waals surface area contributed by atoms with E-state index in [-0.39, 0.29) is 5.69 Å². The van der Waals surface area contributed by atoms with E-state index < -0.39 is 5.97 Å². The van der Waals surface area contributed by atoms with Crippen LogP contribution >= 0.6 is 22.9 Å². The third-order valence-electron chi connectivity index (χ3n) is 2.89. The number of ether oxygens (including phenoxy) is 1. The molecule has 1 N–H and O–H groups in total. The summed E-state index contributed by atoms with van der Waals surface area (Å²) >= 11 is 7.33. The molecule has 0 radical (unpaired) electrons. The maximum Gasteiger partial charge on any atom is 0.355 e. The first-order valence-electron chi connectivity index (χ1n) is 6.35. The summed E-state index contributed by atoms with van der Waals surface area (Å²) in [5, 5.41) is 11.6. The maximum atomic E-state index is 10.8. The summed E-state index contributed by atoms with van der Waals surface area (Å²) in [5.74, 6) is 0.201. The number of aromatic carboxylic acids is 1. The first kappa shape index (κ1) is 14.6. The van der Waals surface area contributed by atoms with E-state index in [0.717, 1.165) is 5.56 Å². The van der Waals surface area contributed by atoms with E-state index in [1.807, 2.05) is 24.3 Å². The fourth-order valence-corrected chi connectivity index (χ4v) is 2.80. The average Bonchev–Trinajstić information content (AvgIpc) is 3.00. The molecule has 0 amide bonds. The van der Waals surface area contributed by atoms with E-state index in [9.17, 15) is 4.79 Å². The molecule has 0 fully saturated rings. The molecule has 22 heavy (non-hydrogen) atoms. The van der Waals surface area contributed by atoms with Crippen molar-refractivity contribution in [3.63, 3.8) is 0 Å². The SMILES string of the molecule is O=C(O)c1csc(-c2ccc(Oc3ccccc3Cl)cc2)n1. The van der Waals surface area contributed by atoms with Crippen molar-refractivity contribution < 1.29 is 14.6 Å². The number of carbonyl (C=O) groups is 1. The summed E-state index contributed by atoms with van der Waals surface area (Å²) in [7, 11) is 0. The Bertz CT molecular complexity index is 814. The van der Waals surface area contributed by atoms with Crippen molar-refractivity contribution >= 4 is 28.9 Å². The van der Waals surface area contributed by atoms with E-state index in [0.29, 0.717) is 21.5 Å². The highest BCUT2D eigenvalue weighted by atomic mass is 35.5. The highest BCUT2D eigenvalue weighted by Crippen LogP contribution is 2.31.